The molecular formula is C25H22FN3O. The lowest BCUT2D eigenvalue weighted by molar-refractivity contribution is 0.114. The van der Waals surface area contributed by atoms with E-state index in [4.69, 9.17) is 0 Å². The van der Waals surface area contributed by atoms with E-state index >= 15 is 0 Å². The van der Waals surface area contributed by atoms with Gasteiger partial charge in [-0.25, -0.2) is 4.39 Å². The number of piperidine rings is 1. The molecule has 3 heterocycles. The van der Waals surface area contributed by atoms with Crippen LogP contribution in [0.2, 0.25) is 0 Å². The van der Waals surface area contributed by atoms with E-state index in [1.54, 1.807) is 12.1 Å². The number of likely N-dealkylation sites (tertiary alicyclic amines) is 1. The maximum atomic E-state index is 13.2. The summed E-state index contributed by atoms with van der Waals surface area (Å²) in [7, 11) is 0. The van der Waals surface area contributed by atoms with Gasteiger partial charge < -0.3 is 4.57 Å². The smallest absolute Gasteiger partial charge is 0.250 e. The standard InChI is InChI=1S/C25H22FN3O/c26-22-6-4-17(5-7-22)13-28-14-19-11-21(16-28)25-23(8-9-24(30)29(25)15-19)20-3-1-2-18(10-20)12-27/h1-10,19,21H,11,13-16H2. The Balaban J connectivity index is 1.51. The predicted molar refractivity (Wildman–Crippen MR) is 113 cm³/mol. The van der Waals surface area contributed by atoms with E-state index in [-0.39, 0.29) is 17.3 Å². The van der Waals surface area contributed by atoms with Crippen molar-refractivity contribution in [2.24, 2.45) is 5.92 Å². The third kappa shape index (κ3) is 3.44. The number of hydrogen-bond acceptors (Lipinski definition) is 3. The molecule has 2 aliphatic heterocycles. The van der Waals surface area contributed by atoms with Crippen LogP contribution >= 0.6 is 0 Å². The maximum absolute atomic E-state index is 13.2. The maximum Gasteiger partial charge on any atom is 0.250 e. The van der Waals surface area contributed by atoms with Crippen LogP contribution in [-0.2, 0) is 13.1 Å². The number of hydrogen-bond donors (Lipinski definition) is 0. The molecule has 1 aromatic heterocycles. The van der Waals surface area contributed by atoms with Gasteiger partial charge in [0.15, 0.2) is 0 Å². The number of rotatable bonds is 3. The van der Waals surface area contributed by atoms with Crippen molar-refractivity contribution in [3.8, 4) is 17.2 Å². The SMILES string of the molecule is N#Cc1cccc(-c2ccc(=O)n3c2C2CC(CN(Cc4ccc(F)cc4)C2)C3)c1. The molecule has 0 radical (unpaired) electrons. The average Bonchev–Trinajstić information content (AvgIpc) is 2.76. The molecule has 4 nitrogen and oxygen atoms in total. The van der Waals surface area contributed by atoms with Gasteiger partial charge in [-0.05, 0) is 53.8 Å². The van der Waals surface area contributed by atoms with Crippen LogP contribution in [0.25, 0.3) is 11.1 Å². The first-order valence-corrected chi connectivity index (χ1v) is 10.3. The molecule has 2 atom stereocenters. The molecule has 0 amide bonds. The number of benzene rings is 2. The Hall–Kier alpha value is -3.23. The minimum absolute atomic E-state index is 0.0480. The summed E-state index contributed by atoms with van der Waals surface area (Å²) in [6.45, 7) is 3.30. The fourth-order valence-corrected chi connectivity index (χ4v) is 5.09. The Morgan fingerprint density at radius 3 is 2.67 bits per heavy atom. The number of halogens is 1. The zero-order valence-corrected chi connectivity index (χ0v) is 16.6. The van der Waals surface area contributed by atoms with Crippen LogP contribution in [0.5, 0.6) is 0 Å². The Kier molecular flexibility index (Phi) is 4.72. The molecule has 0 saturated carbocycles. The fraction of sp³-hybridized carbons (Fsp3) is 0.280. The monoisotopic (exact) mass is 399 g/mol. The lowest BCUT2D eigenvalue weighted by Crippen LogP contribution is -2.47. The van der Waals surface area contributed by atoms with Crippen molar-refractivity contribution in [1.29, 1.82) is 5.26 Å². The Labute approximate surface area is 174 Å². The summed E-state index contributed by atoms with van der Waals surface area (Å²) in [5.41, 5.74) is 4.87. The summed E-state index contributed by atoms with van der Waals surface area (Å²) in [6, 6.07) is 20.1. The van der Waals surface area contributed by atoms with Gasteiger partial charge in [0.2, 0.25) is 0 Å². The number of aromatic nitrogens is 1. The van der Waals surface area contributed by atoms with Gasteiger partial charge in [0.05, 0.1) is 11.6 Å². The number of nitrogens with zero attached hydrogens (tertiary/aromatic N) is 3. The van der Waals surface area contributed by atoms with Crippen LogP contribution in [0.4, 0.5) is 4.39 Å². The van der Waals surface area contributed by atoms with Gasteiger partial charge in [0, 0.05) is 49.4 Å². The molecule has 2 aliphatic rings. The quantitative estimate of drug-likeness (QED) is 0.665. The second-order valence-electron chi connectivity index (χ2n) is 8.39. The van der Waals surface area contributed by atoms with Crippen molar-refractivity contribution < 1.29 is 4.39 Å². The van der Waals surface area contributed by atoms with Crippen LogP contribution in [0.1, 0.15) is 29.2 Å². The minimum Gasteiger partial charge on any atom is -0.311 e. The molecule has 5 rings (SSSR count). The average molecular weight is 399 g/mol. The van der Waals surface area contributed by atoms with Crippen LogP contribution in [0.3, 0.4) is 0 Å². The molecule has 2 aromatic carbocycles. The number of fused-ring (bicyclic) bond motifs is 4. The van der Waals surface area contributed by atoms with Crippen molar-refractivity contribution in [3.63, 3.8) is 0 Å². The number of pyridine rings is 1. The van der Waals surface area contributed by atoms with E-state index < -0.39 is 0 Å². The first-order valence-electron chi connectivity index (χ1n) is 10.3. The summed E-state index contributed by atoms with van der Waals surface area (Å²) in [6.07, 6.45) is 1.06. The Morgan fingerprint density at radius 1 is 1.03 bits per heavy atom. The molecule has 3 aromatic rings. The molecule has 0 spiro atoms. The highest BCUT2D eigenvalue weighted by Crippen LogP contribution is 2.40. The highest BCUT2D eigenvalue weighted by atomic mass is 19.1. The molecule has 1 saturated heterocycles. The van der Waals surface area contributed by atoms with Gasteiger partial charge >= 0.3 is 0 Å². The lowest BCUT2D eigenvalue weighted by Gasteiger charge is -2.43. The van der Waals surface area contributed by atoms with Crippen LogP contribution in [0.15, 0.2) is 65.5 Å². The molecule has 2 bridgehead atoms. The van der Waals surface area contributed by atoms with E-state index in [2.05, 4.69) is 11.0 Å². The molecular weight excluding hydrogens is 377 g/mol. The predicted octanol–water partition coefficient (Wildman–Crippen LogP) is 4.15. The van der Waals surface area contributed by atoms with E-state index in [0.717, 1.165) is 55.0 Å². The third-order valence-electron chi connectivity index (χ3n) is 6.29. The van der Waals surface area contributed by atoms with E-state index in [1.807, 2.05) is 41.0 Å². The number of nitriles is 1. The van der Waals surface area contributed by atoms with Gasteiger partial charge in [-0.3, -0.25) is 9.69 Å². The Bertz CT molecular complexity index is 1190. The molecule has 5 heteroatoms. The third-order valence-corrected chi connectivity index (χ3v) is 6.29. The van der Waals surface area contributed by atoms with Crippen LogP contribution in [0, 0.1) is 23.1 Å². The highest BCUT2D eigenvalue weighted by molar-refractivity contribution is 5.68. The van der Waals surface area contributed by atoms with Crippen molar-refractivity contribution in [2.45, 2.75) is 25.4 Å². The molecule has 0 N–H and O–H groups in total. The van der Waals surface area contributed by atoms with Gasteiger partial charge in [0.1, 0.15) is 5.82 Å². The van der Waals surface area contributed by atoms with Crippen molar-refractivity contribution in [3.05, 3.63) is 93.7 Å². The zero-order valence-electron chi connectivity index (χ0n) is 16.6. The highest BCUT2D eigenvalue weighted by Gasteiger charge is 2.36. The van der Waals surface area contributed by atoms with Crippen molar-refractivity contribution >= 4 is 0 Å². The van der Waals surface area contributed by atoms with Gasteiger partial charge in [-0.1, -0.05) is 24.3 Å². The van der Waals surface area contributed by atoms with Crippen LogP contribution < -0.4 is 5.56 Å². The summed E-state index contributed by atoms with van der Waals surface area (Å²) in [4.78, 5) is 15.1. The summed E-state index contributed by atoms with van der Waals surface area (Å²) < 4.78 is 15.2. The topological polar surface area (TPSA) is 49.0 Å². The summed E-state index contributed by atoms with van der Waals surface area (Å²) in [5, 5.41) is 9.29. The minimum atomic E-state index is -0.216. The van der Waals surface area contributed by atoms with Gasteiger partial charge in [-0.2, -0.15) is 5.26 Å². The molecule has 0 aliphatic carbocycles. The molecule has 2 unspecified atom stereocenters. The summed E-state index contributed by atoms with van der Waals surface area (Å²) in [5.74, 6) is 0.467. The van der Waals surface area contributed by atoms with Crippen molar-refractivity contribution in [2.75, 3.05) is 13.1 Å². The summed E-state index contributed by atoms with van der Waals surface area (Å²) >= 11 is 0. The fourth-order valence-electron chi connectivity index (χ4n) is 5.09. The van der Waals surface area contributed by atoms with Crippen molar-refractivity contribution in [1.82, 2.24) is 9.47 Å². The second-order valence-corrected chi connectivity index (χ2v) is 8.39. The second kappa shape index (κ2) is 7.55. The normalized spacial score (nSPS) is 20.4. The first kappa shape index (κ1) is 18.8. The van der Waals surface area contributed by atoms with Gasteiger partial charge in [0.25, 0.3) is 5.56 Å². The first-order chi connectivity index (χ1) is 14.6. The molecule has 1 fully saturated rings. The molecule has 150 valence electrons. The van der Waals surface area contributed by atoms with Gasteiger partial charge in [-0.15, -0.1) is 0 Å². The lowest BCUT2D eigenvalue weighted by atomic mass is 9.80. The van der Waals surface area contributed by atoms with E-state index in [9.17, 15) is 14.4 Å². The molecule has 30 heavy (non-hydrogen) atoms. The Morgan fingerprint density at radius 2 is 1.87 bits per heavy atom. The van der Waals surface area contributed by atoms with Crippen LogP contribution in [-0.4, -0.2) is 22.6 Å². The van der Waals surface area contributed by atoms with E-state index in [1.165, 1.54) is 12.1 Å². The largest absolute Gasteiger partial charge is 0.311 e. The van der Waals surface area contributed by atoms with E-state index in [0.29, 0.717) is 11.5 Å². The zero-order chi connectivity index (χ0) is 20.7.